The van der Waals surface area contributed by atoms with Crippen LogP contribution in [-0.2, 0) is 13.6 Å². The number of carbonyl (C=O) groups excluding carboxylic acids is 1. The lowest BCUT2D eigenvalue weighted by Crippen LogP contribution is -2.13. The molecule has 0 bridgehead atoms. The van der Waals surface area contributed by atoms with Gasteiger partial charge >= 0.3 is 0 Å². The lowest BCUT2D eigenvalue weighted by atomic mass is 10.1. The third kappa shape index (κ3) is 3.31. The normalized spacial score (nSPS) is 10.7. The van der Waals surface area contributed by atoms with E-state index in [1.807, 2.05) is 26.2 Å². The van der Waals surface area contributed by atoms with E-state index in [-0.39, 0.29) is 5.91 Å². The SMILES string of the molecule is Cc1cccc(Cn2ccc(NC(=O)c3cnn(C)c3C)n2)c1. The molecule has 6 heteroatoms. The van der Waals surface area contributed by atoms with Crippen molar-refractivity contribution >= 4 is 11.7 Å². The van der Waals surface area contributed by atoms with Crippen LogP contribution in [0.5, 0.6) is 0 Å². The number of hydrogen-bond acceptors (Lipinski definition) is 3. The van der Waals surface area contributed by atoms with Crippen LogP contribution in [0.3, 0.4) is 0 Å². The number of rotatable bonds is 4. The lowest BCUT2D eigenvalue weighted by molar-refractivity contribution is 0.102. The number of nitrogens with one attached hydrogen (secondary N) is 1. The average Bonchev–Trinajstić information content (AvgIpc) is 3.07. The van der Waals surface area contributed by atoms with Crippen molar-refractivity contribution in [2.45, 2.75) is 20.4 Å². The summed E-state index contributed by atoms with van der Waals surface area (Å²) in [6.45, 7) is 4.59. The second-order valence-corrected chi connectivity index (χ2v) is 5.61. The van der Waals surface area contributed by atoms with Crippen molar-refractivity contribution in [2.75, 3.05) is 5.32 Å². The van der Waals surface area contributed by atoms with E-state index in [9.17, 15) is 4.79 Å². The molecule has 6 nitrogen and oxygen atoms in total. The summed E-state index contributed by atoms with van der Waals surface area (Å²) >= 11 is 0. The molecular weight excluding hydrogens is 290 g/mol. The standard InChI is InChI=1S/C17H19N5O/c1-12-5-4-6-14(9-12)11-22-8-7-16(20-22)19-17(23)15-10-18-21(3)13(15)2/h4-10H,11H2,1-3H3,(H,19,20,23). The Bertz CT molecular complexity index is 846. The molecule has 2 aromatic heterocycles. The minimum atomic E-state index is -0.198. The zero-order valence-electron chi connectivity index (χ0n) is 13.4. The minimum Gasteiger partial charge on any atom is -0.305 e. The quantitative estimate of drug-likeness (QED) is 0.805. The zero-order chi connectivity index (χ0) is 16.4. The average molecular weight is 309 g/mol. The summed E-state index contributed by atoms with van der Waals surface area (Å²) in [7, 11) is 1.81. The second kappa shape index (κ2) is 6.08. The molecule has 0 aliphatic carbocycles. The fourth-order valence-corrected chi connectivity index (χ4v) is 2.42. The van der Waals surface area contributed by atoms with E-state index in [0.717, 1.165) is 5.69 Å². The van der Waals surface area contributed by atoms with E-state index in [1.54, 1.807) is 21.6 Å². The second-order valence-electron chi connectivity index (χ2n) is 5.61. The summed E-state index contributed by atoms with van der Waals surface area (Å²) in [4.78, 5) is 12.2. The van der Waals surface area contributed by atoms with Gasteiger partial charge in [0.15, 0.2) is 5.82 Å². The fourth-order valence-electron chi connectivity index (χ4n) is 2.42. The highest BCUT2D eigenvalue weighted by molar-refractivity contribution is 6.04. The van der Waals surface area contributed by atoms with Gasteiger partial charge in [-0.05, 0) is 19.4 Å². The summed E-state index contributed by atoms with van der Waals surface area (Å²) in [6.07, 6.45) is 3.42. The van der Waals surface area contributed by atoms with Crippen LogP contribution >= 0.6 is 0 Å². The molecule has 0 aliphatic heterocycles. The van der Waals surface area contributed by atoms with E-state index in [0.29, 0.717) is 17.9 Å². The largest absolute Gasteiger partial charge is 0.305 e. The van der Waals surface area contributed by atoms with Crippen LogP contribution < -0.4 is 5.32 Å². The van der Waals surface area contributed by atoms with Gasteiger partial charge in [-0.15, -0.1) is 0 Å². The maximum atomic E-state index is 12.2. The van der Waals surface area contributed by atoms with Gasteiger partial charge in [-0.1, -0.05) is 29.8 Å². The van der Waals surface area contributed by atoms with Gasteiger partial charge in [-0.25, -0.2) is 0 Å². The number of aromatic nitrogens is 4. The van der Waals surface area contributed by atoms with Crippen molar-refractivity contribution in [1.82, 2.24) is 19.6 Å². The number of amides is 1. The van der Waals surface area contributed by atoms with E-state index < -0.39 is 0 Å². The Labute approximate surface area is 134 Å². The maximum absolute atomic E-state index is 12.2. The molecule has 1 amide bonds. The molecule has 0 radical (unpaired) electrons. The predicted molar refractivity (Wildman–Crippen MR) is 88.4 cm³/mol. The molecule has 0 saturated carbocycles. The number of aryl methyl sites for hydroxylation is 2. The molecule has 0 aliphatic rings. The van der Waals surface area contributed by atoms with Gasteiger partial charge in [0.25, 0.3) is 5.91 Å². The number of carbonyl (C=O) groups is 1. The van der Waals surface area contributed by atoms with Crippen LogP contribution in [0.25, 0.3) is 0 Å². The highest BCUT2D eigenvalue weighted by Gasteiger charge is 2.14. The van der Waals surface area contributed by atoms with E-state index >= 15 is 0 Å². The van der Waals surface area contributed by atoms with Gasteiger partial charge in [-0.3, -0.25) is 14.2 Å². The van der Waals surface area contributed by atoms with E-state index in [4.69, 9.17) is 0 Å². The molecule has 1 N–H and O–H groups in total. The molecule has 118 valence electrons. The van der Waals surface area contributed by atoms with Crippen molar-refractivity contribution in [2.24, 2.45) is 7.05 Å². The molecule has 2 heterocycles. The Morgan fingerprint density at radius 3 is 2.78 bits per heavy atom. The van der Waals surface area contributed by atoms with Crippen molar-refractivity contribution in [1.29, 1.82) is 0 Å². The summed E-state index contributed by atoms with van der Waals surface area (Å²) in [5.41, 5.74) is 3.77. The Morgan fingerprint density at radius 2 is 2.09 bits per heavy atom. The van der Waals surface area contributed by atoms with Crippen LogP contribution in [-0.4, -0.2) is 25.5 Å². The molecule has 0 fully saturated rings. The summed E-state index contributed by atoms with van der Waals surface area (Å²) in [6, 6.07) is 10.1. The Balaban J connectivity index is 1.70. The molecule has 3 rings (SSSR count). The van der Waals surface area contributed by atoms with Gasteiger partial charge < -0.3 is 5.32 Å². The van der Waals surface area contributed by atoms with Crippen molar-refractivity contribution in [3.05, 3.63) is 65.1 Å². The lowest BCUT2D eigenvalue weighted by Gasteiger charge is -2.04. The van der Waals surface area contributed by atoms with Crippen LogP contribution in [0, 0.1) is 13.8 Å². The van der Waals surface area contributed by atoms with Crippen molar-refractivity contribution < 1.29 is 4.79 Å². The van der Waals surface area contributed by atoms with Crippen LogP contribution in [0.15, 0.2) is 42.7 Å². The van der Waals surface area contributed by atoms with Gasteiger partial charge in [-0.2, -0.15) is 10.2 Å². The van der Waals surface area contributed by atoms with Crippen molar-refractivity contribution in [3.63, 3.8) is 0 Å². The Kier molecular flexibility index (Phi) is 3.97. The zero-order valence-corrected chi connectivity index (χ0v) is 13.4. The molecule has 0 saturated heterocycles. The molecule has 0 spiro atoms. The van der Waals surface area contributed by atoms with Gasteiger partial charge in [0.1, 0.15) is 0 Å². The Hall–Kier alpha value is -2.89. The predicted octanol–water partition coefficient (Wildman–Crippen LogP) is 2.53. The van der Waals surface area contributed by atoms with Crippen LogP contribution in [0.2, 0.25) is 0 Å². The molecule has 0 atom stereocenters. The van der Waals surface area contributed by atoms with Gasteiger partial charge in [0.05, 0.1) is 18.3 Å². The number of benzene rings is 1. The first kappa shape index (κ1) is 15.0. The molecular formula is C17H19N5O. The Morgan fingerprint density at radius 1 is 1.26 bits per heavy atom. The van der Waals surface area contributed by atoms with Gasteiger partial charge in [0, 0.05) is 25.0 Å². The monoisotopic (exact) mass is 309 g/mol. The third-order valence-electron chi connectivity index (χ3n) is 3.79. The van der Waals surface area contributed by atoms with E-state index in [2.05, 4.69) is 40.6 Å². The fraction of sp³-hybridized carbons (Fsp3) is 0.235. The highest BCUT2D eigenvalue weighted by Crippen LogP contribution is 2.11. The minimum absolute atomic E-state index is 0.198. The molecule has 1 aromatic carbocycles. The number of anilines is 1. The first-order valence-electron chi connectivity index (χ1n) is 7.42. The third-order valence-corrected chi connectivity index (χ3v) is 3.79. The van der Waals surface area contributed by atoms with E-state index in [1.165, 1.54) is 11.1 Å². The molecule has 0 unspecified atom stereocenters. The van der Waals surface area contributed by atoms with Gasteiger partial charge in [0.2, 0.25) is 0 Å². The number of hydrogen-bond donors (Lipinski definition) is 1. The summed E-state index contributed by atoms with van der Waals surface area (Å²) < 4.78 is 3.48. The smallest absolute Gasteiger partial charge is 0.260 e. The summed E-state index contributed by atoms with van der Waals surface area (Å²) in [5, 5.41) is 11.3. The first-order chi connectivity index (χ1) is 11.0. The topological polar surface area (TPSA) is 64.7 Å². The highest BCUT2D eigenvalue weighted by atomic mass is 16.1. The maximum Gasteiger partial charge on any atom is 0.260 e. The van der Waals surface area contributed by atoms with Crippen LogP contribution in [0.4, 0.5) is 5.82 Å². The van der Waals surface area contributed by atoms with Crippen molar-refractivity contribution in [3.8, 4) is 0 Å². The number of nitrogens with zero attached hydrogens (tertiary/aromatic N) is 4. The summed E-state index contributed by atoms with van der Waals surface area (Å²) in [5.74, 6) is 0.335. The molecule has 23 heavy (non-hydrogen) atoms. The van der Waals surface area contributed by atoms with Crippen LogP contribution in [0.1, 0.15) is 27.2 Å². The first-order valence-corrected chi connectivity index (χ1v) is 7.42. The molecule has 3 aromatic rings.